The molecule has 2 aliphatic heterocycles. The van der Waals surface area contributed by atoms with Crippen molar-refractivity contribution in [2.75, 3.05) is 13.4 Å². The molecule has 0 bridgehead atoms. The van der Waals surface area contributed by atoms with Gasteiger partial charge in [-0.05, 0) is 55.0 Å². The average molecular weight is 430 g/mol. The highest BCUT2D eigenvalue weighted by Gasteiger charge is 2.33. The van der Waals surface area contributed by atoms with Gasteiger partial charge in [0.2, 0.25) is 6.79 Å². The molecule has 2 heterocycles. The van der Waals surface area contributed by atoms with Gasteiger partial charge in [-0.25, -0.2) is 9.79 Å². The van der Waals surface area contributed by atoms with Gasteiger partial charge in [-0.2, -0.15) is 0 Å². The Bertz CT molecular complexity index is 1060. The number of carbonyl (C=O) groups excluding carboxylic acids is 1. The van der Waals surface area contributed by atoms with E-state index in [4.69, 9.17) is 25.8 Å². The Morgan fingerprint density at radius 2 is 2.00 bits per heavy atom. The number of ether oxygens (including phenoxy) is 3. The van der Waals surface area contributed by atoms with E-state index in [1.165, 1.54) is 11.8 Å². The first-order chi connectivity index (χ1) is 14.0. The third kappa shape index (κ3) is 4.11. The van der Waals surface area contributed by atoms with Crippen LogP contribution in [0, 0.1) is 0 Å². The van der Waals surface area contributed by atoms with Crippen LogP contribution in [0.2, 0.25) is 5.02 Å². The topological polar surface area (TPSA) is 77.4 Å². The number of fused-ring (bicyclic) bond motifs is 1. The molecule has 0 atom stereocenters. The Labute approximate surface area is 176 Å². The lowest BCUT2D eigenvalue weighted by molar-refractivity contribution is -0.138. The van der Waals surface area contributed by atoms with Crippen molar-refractivity contribution in [1.29, 1.82) is 0 Å². The summed E-state index contributed by atoms with van der Waals surface area (Å²) in [5, 5.41) is 11.7. The summed E-state index contributed by atoms with van der Waals surface area (Å²) >= 11 is 7.11. The molecule has 4 rings (SSSR count). The molecular formula is C21H16ClNO5S. The maximum atomic E-state index is 12.4. The SMILES string of the molecule is CCOC(=O)C1=C(O)/C(=C/c2ccc3c(c2)OCO3)SC1=Nc1ccc(Cl)cc1. The molecule has 2 aromatic rings. The zero-order valence-electron chi connectivity index (χ0n) is 15.3. The molecule has 2 aliphatic rings. The van der Waals surface area contributed by atoms with Crippen LogP contribution in [0.25, 0.3) is 6.08 Å². The normalized spacial score (nSPS) is 18.0. The smallest absolute Gasteiger partial charge is 0.344 e. The van der Waals surface area contributed by atoms with Crippen LogP contribution in [0.15, 0.2) is 63.7 Å². The van der Waals surface area contributed by atoms with Gasteiger partial charge in [0.1, 0.15) is 16.4 Å². The van der Waals surface area contributed by atoms with Crippen molar-refractivity contribution in [1.82, 2.24) is 0 Å². The predicted molar refractivity (Wildman–Crippen MR) is 113 cm³/mol. The average Bonchev–Trinajstić information content (AvgIpc) is 3.28. The molecule has 29 heavy (non-hydrogen) atoms. The number of esters is 1. The number of halogens is 1. The molecule has 0 aliphatic carbocycles. The molecule has 0 unspecified atom stereocenters. The first kappa shape index (κ1) is 19.4. The van der Waals surface area contributed by atoms with Crippen LogP contribution in [0.4, 0.5) is 5.69 Å². The number of carbonyl (C=O) groups is 1. The van der Waals surface area contributed by atoms with Crippen LogP contribution in [0.3, 0.4) is 0 Å². The highest BCUT2D eigenvalue weighted by molar-refractivity contribution is 8.18. The van der Waals surface area contributed by atoms with Gasteiger partial charge in [0.05, 0.1) is 17.2 Å². The third-order valence-electron chi connectivity index (χ3n) is 4.12. The zero-order valence-corrected chi connectivity index (χ0v) is 16.9. The summed E-state index contributed by atoms with van der Waals surface area (Å²) in [7, 11) is 0. The minimum absolute atomic E-state index is 0.0405. The number of aliphatic imine (C=N–C) groups is 1. The quantitative estimate of drug-likeness (QED) is 0.668. The molecule has 1 N–H and O–H groups in total. The minimum Gasteiger partial charge on any atom is -0.506 e. The molecule has 8 heteroatoms. The lowest BCUT2D eigenvalue weighted by Gasteiger charge is -2.03. The maximum Gasteiger partial charge on any atom is 0.344 e. The fourth-order valence-electron chi connectivity index (χ4n) is 2.78. The summed E-state index contributed by atoms with van der Waals surface area (Å²) in [6, 6.07) is 12.3. The zero-order chi connectivity index (χ0) is 20.4. The highest BCUT2D eigenvalue weighted by Crippen LogP contribution is 2.41. The van der Waals surface area contributed by atoms with Crippen LogP contribution in [-0.2, 0) is 9.53 Å². The number of aliphatic hydroxyl groups is 1. The second kappa shape index (κ2) is 8.23. The highest BCUT2D eigenvalue weighted by atomic mass is 35.5. The van der Waals surface area contributed by atoms with Crippen molar-refractivity contribution >= 4 is 46.1 Å². The number of thioether (sulfide) groups is 1. The van der Waals surface area contributed by atoms with Crippen LogP contribution in [-0.4, -0.2) is 29.5 Å². The van der Waals surface area contributed by atoms with Crippen molar-refractivity contribution in [2.24, 2.45) is 4.99 Å². The van der Waals surface area contributed by atoms with Gasteiger partial charge in [0.15, 0.2) is 11.5 Å². The molecule has 0 saturated carbocycles. The van der Waals surface area contributed by atoms with Gasteiger partial charge in [-0.3, -0.25) is 0 Å². The molecule has 0 fully saturated rings. The lowest BCUT2D eigenvalue weighted by Crippen LogP contribution is -2.12. The predicted octanol–water partition coefficient (Wildman–Crippen LogP) is 5.26. The summed E-state index contributed by atoms with van der Waals surface area (Å²) in [4.78, 5) is 17.4. The summed E-state index contributed by atoms with van der Waals surface area (Å²) < 4.78 is 15.8. The number of hydrogen-bond acceptors (Lipinski definition) is 7. The van der Waals surface area contributed by atoms with Crippen molar-refractivity contribution in [3.8, 4) is 11.5 Å². The molecule has 0 amide bonds. The first-order valence-corrected chi connectivity index (χ1v) is 9.99. The van der Waals surface area contributed by atoms with E-state index in [0.29, 0.717) is 32.2 Å². The van der Waals surface area contributed by atoms with E-state index < -0.39 is 5.97 Å². The van der Waals surface area contributed by atoms with Crippen molar-refractivity contribution in [3.05, 3.63) is 69.3 Å². The van der Waals surface area contributed by atoms with Crippen LogP contribution in [0.5, 0.6) is 11.5 Å². The van der Waals surface area contributed by atoms with E-state index >= 15 is 0 Å². The van der Waals surface area contributed by atoms with Crippen LogP contribution >= 0.6 is 23.4 Å². The largest absolute Gasteiger partial charge is 0.506 e. The molecule has 148 valence electrons. The van der Waals surface area contributed by atoms with Gasteiger partial charge < -0.3 is 19.3 Å². The molecule has 0 spiro atoms. The summed E-state index contributed by atoms with van der Waals surface area (Å²) in [5.74, 6) is 0.507. The second-order valence-electron chi connectivity index (χ2n) is 6.06. The van der Waals surface area contributed by atoms with Crippen LogP contribution < -0.4 is 9.47 Å². The second-order valence-corrected chi connectivity index (χ2v) is 7.53. The summed E-state index contributed by atoms with van der Waals surface area (Å²) in [6.45, 7) is 2.08. The van der Waals surface area contributed by atoms with Gasteiger partial charge in [-0.15, -0.1) is 0 Å². The number of rotatable bonds is 4. The summed E-state index contributed by atoms with van der Waals surface area (Å²) in [5.41, 5.74) is 1.44. The molecule has 6 nitrogen and oxygen atoms in total. The van der Waals surface area contributed by atoms with Crippen molar-refractivity contribution in [2.45, 2.75) is 6.92 Å². The maximum absolute atomic E-state index is 12.4. The van der Waals surface area contributed by atoms with Gasteiger partial charge >= 0.3 is 5.97 Å². The lowest BCUT2D eigenvalue weighted by atomic mass is 10.1. The van der Waals surface area contributed by atoms with E-state index in [0.717, 1.165) is 5.56 Å². The van der Waals surface area contributed by atoms with Crippen molar-refractivity contribution in [3.63, 3.8) is 0 Å². The molecule has 0 aromatic heterocycles. The molecular weight excluding hydrogens is 414 g/mol. The third-order valence-corrected chi connectivity index (χ3v) is 5.39. The van der Waals surface area contributed by atoms with Gasteiger partial charge in [0, 0.05) is 5.02 Å². The molecule has 0 radical (unpaired) electrons. The van der Waals surface area contributed by atoms with Gasteiger partial charge in [-0.1, -0.05) is 29.4 Å². The van der Waals surface area contributed by atoms with E-state index in [1.807, 2.05) is 12.1 Å². The Balaban J connectivity index is 1.72. The van der Waals surface area contributed by atoms with Gasteiger partial charge in [0.25, 0.3) is 0 Å². The standard InChI is InChI=1S/C21H16ClNO5S/c1-2-26-21(25)18-19(24)17(10-12-3-8-15-16(9-12)28-11-27-15)29-20(18)23-14-6-4-13(22)5-7-14/h3-10,24H,2,11H2,1H3/b17-10-,23-20?. The minimum atomic E-state index is -0.626. The Morgan fingerprint density at radius 1 is 1.24 bits per heavy atom. The Morgan fingerprint density at radius 3 is 2.76 bits per heavy atom. The fourth-order valence-corrected chi connectivity index (χ4v) is 3.94. The van der Waals surface area contributed by atoms with E-state index in [9.17, 15) is 9.90 Å². The monoisotopic (exact) mass is 429 g/mol. The number of hydrogen-bond donors (Lipinski definition) is 1. The van der Waals surface area contributed by atoms with Crippen LogP contribution in [0.1, 0.15) is 12.5 Å². The molecule has 0 saturated heterocycles. The Kier molecular flexibility index (Phi) is 5.51. The number of benzene rings is 2. The number of aliphatic hydroxyl groups excluding tert-OH is 1. The molecule has 2 aromatic carbocycles. The fraction of sp³-hybridized carbons (Fsp3) is 0.143. The van der Waals surface area contributed by atoms with Crippen molar-refractivity contribution < 1.29 is 24.1 Å². The number of nitrogens with zero attached hydrogens (tertiary/aromatic N) is 1. The van der Waals surface area contributed by atoms with E-state index in [2.05, 4.69) is 4.99 Å². The van der Waals surface area contributed by atoms with E-state index in [-0.39, 0.29) is 24.7 Å². The first-order valence-electron chi connectivity index (χ1n) is 8.79. The van der Waals surface area contributed by atoms with E-state index in [1.54, 1.807) is 43.3 Å². The Hall–Kier alpha value is -2.90. The summed E-state index contributed by atoms with van der Waals surface area (Å²) in [6.07, 6.45) is 1.76.